The third-order valence-corrected chi connectivity index (χ3v) is 7.35. The first-order valence-electron chi connectivity index (χ1n) is 10.9. The summed E-state index contributed by atoms with van der Waals surface area (Å²) in [5.74, 6) is -1.17. The van der Waals surface area contributed by atoms with Crippen molar-refractivity contribution in [2.24, 2.45) is 0 Å². The first kappa shape index (κ1) is 26.4. The van der Waals surface area contributed by atoms with Gasteiger partial charge in [-0.1, -0.05) is 29.8 Å². The summed E-state index contributed by atoms with van der Waals surface area (Å²) in [4.78, 5) is 43.9. The molecule has 4 rings (SSSR count). The number of benzene rings is 2. The predicted octanol–water partition coefficient (Wildman–Crippen LogP) is 6.20. The Morgan fingerprint density at radius 3 is 2.46 bits per heavy atom. The van der Waals surface area contributed by atoms with Gasteiger partial charge in [0.25, 0.3) is 11.5 Å². The lowest BCUT2D eigenvalue weighted by Gasteiger charge is -2.16. The number of carbonyl (C=O) groups excluding carboxylic acids is 2. The summed E-state index contributed by atoms with van der Waals surface area (Å²) in [6.45, 7) is 4.87. The molecule has 0 fully saturated rings. The molecule has 2 heterocycles. The van der Waals surface area contributed by atoms with Crippen LogP contribution >= 0.6 is 22.9 Å². The number of aromatic nitrogens is 2. The monoisotopic (exact) mass is 548 g/mol. The van der Waals surface area contributed by atoms with E-state index < -0.39 is 35.2 Å². The molecular formula is C25H20ClF3N4O3S. The van der Waals surface area contributed by atoms with Crippen molar-refractivity contribution in [2.75, 3.05) is 10.6 Å². The van der Waals surface area contributed by atoms with E-state index in [9.17, 15) is 27.6 Å². The summed E-state index contributed by atoms with van der Waals surface area (Å²) in [7, 11) is 0. The summed E-state index contributed by atoms with van der Waals surface area (Å²) in [5.41, 5.74) is 0.129. The fourth-order valence-electron chi connectivity index (χ4n) is 3.68. The first-order valence-corrected chi connectivity index (χ1v) is 12.1. The molecule has 2 N–H and O–H groups in total. The highest BCUT2D eigenvalue weighted by Crippen LogP contribution is 2.34. The molecule has 1 atom stereocenters. The van der Waals surface area contributed by atoms with Crippen molar-refractivity contribution >= 4 is 56.3 Å². The van der Waals surface area contributed by atoms with Gasteiger partial charge in [-0.05, 0) is 56.2 Å². The smallest absolute Gasteiger partial charge is 0.323 e. The van der Waals surface area contributed by atoms with Crippen LogP contribution in [0, 0.1) is 13.8 Å². The topological polar surface area (TPSA) is 93.1 Å². The lowest BCUT2D eigenvalue weighted by molar-refractivity contribution is -0.137. The summed E-state index contributed by atoms with van der Waals surface area (Å²) in [6.07, 6.45) is -3.46. The van der Waals surface area contributed by atoms with Crippen molar-refractivity contribution in [3.63, 3.8) is 0 Å². The van der Waals surface area contributed by atoms with E-state index in [1.807, 2.05) is 19.1 Å². The van der Waals surface area contributed by atoms with Crippen molar-refractivity contribution in [2.45, 2.75) is 33.0 Å². The van der Waals surface area contributed by atoms with Gasteiger partial charge in [-0.15, -0.1) is 11.3 Å². The van der Waals surface area contributed by atoms with Crippen LogP contribution in [0.3, 0.4) is 0 Å². The van der Waals surface area contributed by atoms with E-state index in [0.717, 1.165) is 39.7 Å². The van der Waals surface area contributed by atoms with Gasteiger partial charge in [0, 0.05) is 5.69 Å². The highest BCUT2D eigenvalue weighted by atomic mass is 35.5. The number of nitrogens with zero attached hydrogens (tertiary/aromatic N) is 2. The number of fused-ring (bicyclic) bond motifs is 1. The number of anilines is 2. The number of aryl methyl sites for hydroxylation is 2. The Kier molecular flexibility index (Phi) is 7.11. The van der Waals surface area contributed by atoms with Gasteiger partial charge in [-0.25, -0.2) is 4.98 Å². The van der Waals surface area contributed by atoms with Gasteiger partial charge in [-0.3, -0.25) is 19.0 Å². The van der Waals surface area contributed by atoms with Crippen LogP contribution in [0.15, 0.2) is 53.6 Å². The minimum Gasteiger partial charge on any atom is -0.323 e. The van der Waals surface area contributed by atoms with Crippen molar-refractivity contribution in [1.29, 1.82) is 0 Å². The second-order valence-electron chi connectivity index (χ2n) is 8.32. The Hall–Kier alpha value is -3.70. The third-order valence-electron chi connectivity index (χ3n) is 5.82. The SMILES string of the molecule is Cc1ccccc1NC(=O)c1sc2ncn(C(C)C(=O)Nc3cc(C(F)(F)F)ccc3Cl)c(=O)c2c1C. The van der Waals surface area contributed by atoms with Crippen LogP contribution < -0.4 is 16.2 Å². The van der Waals surface area contributed by atoms with Crippen molar-refractivity contribution in [3.05, 3.63) is 85.7 Å². The normalized spacial score (nSPS) is 12.4. The predicted molar refractivity (Wildman–Crippen MR) is 138 cm³/mol. The van der Waals surface area contributed by atoms with Crippen molar-refractivity contribution < 1.29 is 22.8 Å². The maximum absolute atomic E-state index is 13.3. The number of alkyl halides is 3. The molecule has 0 aliphatic heterocycles. The van der Waals surface area contributed by atoms with Crippen LogP contribution in [0.1, 0.15) is 39.3 Å². The number of hydrogen-bond acceptors (Lipinski definition) is 5. The third kappa shape index (κ3) is 5.23. The summed E-state index contributed by atoms with van der Waals surface area (Å²) < 4.78 is 40.2. The second kappa shape index (κ2) is 9.98. The second-order valence-corrected chi connectivity index (χ2v) is 9.73. The van der Waals surface area contributed by atoms with E-state index in [4.69, 9.17) is 11.6 Å². The zero-order valence-corrected chi connectivity index (χ0v) is 21.3. The van der Waals surface area contributed by atoms with Gasteiger partial charge in [0.1, 0.15) is 10.9 Å². The fraction of sp³-hybridized carbons (Fsp3) is 0.200. The number of nitrogens with one attached hydrogen (secondary N) is 2. The first-order chi connectivity index (χ1) is 17.4. The molecule has 0 aliphatic rings. The molecule has 0 saturated heterocycles. The Morgan fingerprint density at radius 1 is 1.08 bits per heavy atom. The molecule has 12 heteroatoms. The van der Waals surface area contributed by atoms with E-state index in [1.54, 1.807) is 19.1 Å². The molecule has 2 aromatic carbocycles. The maximum atomic E-state index is 13.3. The van der Waals surface area contributed by atoms with Crippen molar-refractivity contribution in [1.82, 2.24) is 9.55 Å². The fourth-order valence-corrected chi connectivity index (χ4v) is 4.88. The van der Waals surface area contributed by atoms with Gasteiger partial charge < -0.3 is 10.6 Å². The Labute approximate surface area is 217 Å². The largest absolute Gasteiger partial charge is 0.416 e. The molecule has 0 spiro atoms. The van der Waals surface area contributed by atoms with Crippen LogP contribution in [0.4, 0.5) is 24.5 Å². The molecule has 2 amide bonds. The van der Waals surface area contributed by atoms with Crippen LogP contribution in [0.5, 0.6) is 0 Å². The molecule has 7 nitrogen and oxygen atoms in total. The quantitative estimate of drug-likeness (QED) is 0.310. The highest BCUT2D eigenvalue weighted by molar-refractivity contribution is 7.20. The standard InChI is InChI=1S/C25H20ClF3N4O3S/c1-12-6-4-5-7-17(12)31-22(35)20-13(2)19-23(37-20)30-11-33(24(19)36)14(3)21(34)32-18-10-15(25(27,28)29)8-9-16(18)26/h4-11,14H,1-3H3,(H,31,35)(H,32,34). The average molecular weight is 549 g/mol. The lowest BCUT2D eigenvalue weighted by Crippen LogP contribution is -2.32. The Bertz CT molecular complexity index is 1600. The summed E-state index contributed by atoms with van der Waals surface area (Å²) in [6, 6.07) is 8.67. The van der Waals surface area contributed by atoms with E-state index in [2.05, 4.69) is 15.6 Å². The summed E-state index contributed by atoms with van der Waals surface area (Å²) >= 11 is 7.02. The number of thiophene rings is 1. The Morgan fingerprint density at radius 2 is 1.78 bits per heavy atom. The lowest BCUT2D eigenvalue weighted by atomic mass is 10.1. The molecule has 0 saturated carbocycles. The number of halogens is 4. The molecule has 0 radical (unpaired) electrons. The van der Waals surface area contributed by atoms with Gasteiger partial charge in [-0.2, -0.15) is 13.2 Å². The molecule has 1 unspecified atom stereocenters. The number of carbonyl (C=O) groups is 2. The van der Waals surface area contributed by atoms with Crippen molar-refractivity contribution in [3.8, 4) is 0 Å². The van der Waals surface area contributed by atoms with Crippen LogP contribution in [-0.4, -0.2) is 21.4 Å². The Balaban J connectivity index is 1.63. The van der Waals surface area contributed by atoms with Gasteiger partial charge in [0.15, 0.2) is 0 Å². The zero-order valence-electron chi connectivity index (χ0n) is 19.7. The molecule has 0 aliphatic carbocycles. The van der Waals surface area contributed by atoms with E-state index >= 15 is 0 Å². The highest BCUT2D eigenvalue weighted by Gasteiger charge is 2.31. The van der Waals surface area contributed by atoms with Gasteiger partial charge in [0.05, 0.1) is 32.9 Å². The van der Waals surface area contributed by atoms with E-state index in [-0.39, 0.29) is 16.1 Å². The minimum absolute atomic E-state index is 0.0903. The van der Waals surface area contributed by atoms with E-state index in [1.165, 1.54) is 13.3 Å². The van der Waals surface area contributed by atoms with Gasteiger partial charge >= 0.3 is 6.18 Å². The number of rotatable bonds is 5. The number of amides is 2. The molecule has 192 valence electrons. The van der Waals surface area contributed by atoms with Crippen LogP contribution in [-0.2, 0) is 11.0 Å². The molecule has 37 heavy (non-hydrogen) atoms. The van der Waals surface area contributed by atoms with E-state index in [0.29, 0.717) is 21.0 Å². The minimum atomic E-state index is -4.62. The molecular weight excluding hydrogens is 529 g/mol. The molecule has 4 aromatic rings. The van der Waals surface area contributed by atoms with Crippen LogP contribution in [0.2, 0.25) is 5.02 Å². The zero-order chi connectivity index (χ0) is 27.1. The number of para-hydroxylation sites is 1. The molecule has 2 aromatic heterocycles. The maximum Gasteiger partial charge on any atom is 0.416 e. The van der Waals surface area contributed by atoms with Gasteiger partial charge in [0.2, 0.25) is 5.91 Å². The number of hydrogen-bond donors (Lipinski definition) is 2. The molecule has 0 bridgehead atoms. The van der Waals surface area contributed by atoms with Crippen LogP contribution in [0.25, 0.3) is 10.2 Å². The average Bonchev–Trinajstić information content (AvgIpc) is 3.18. The summed E-state index contributed by atoms with van der Waals surface area (Å²) in [5, 5.41) is 5.27.